The summed E-state index contributed by atoms with van der Waals surface area (Å²) in [5.74, 6) is 0.692. The minimum atomic E-state index is 0.0347. The number of rotatable bonds is 1. The van der Waals surface area contributed by atoms with E-state index in [9.17, 15) is 0 Å². The highest BCUT2D eigenvalue weighted by atomic mass is 16.5. The molecule has 4 rings (SSSR count). The van der Waals surface area contributed by atoms with E-state index in [-0.39, 0.29) is 5.60 Å². The monoisotopic (exact) mass is 227 g/mol. The van der Waals surface area contributed by atoms with E-state index >= 15 is 0 Å². The lowest BCUT2D eigenvalue weighted by Crippen LogP contribution is -2.33. The van der Waals surface area contributed by atoms with E-state index in [0.717, 1.165) is 13.1 Å². The van der Waals surface area contributed by atoms with E-state index in [1.54, 1.807) is 0 Å². The van der Waals surface area contributed by atoms with Crippen LogP contribution in [0.15, 0.2) is 36.4 Å². The van der Waals surface area contributed by atoms with Crippen molar-refractivity contribution < 1.29 is 4.74 Å². The molecule has 2 heteroatoms. The van der Waals surface area contributed by atoms with Crippen molar-refractivity contribution in [1.82, 2.24) is 0 Å². The predicted octanol–water partition coefficient (Wildman–Crippen LogP) is 2.53. The second-order valence-corrected chi connectivity index (χ2v) is 5.57. The van der Waals surface area contributed by atoms with Crippen LogP contribution in [0.3, 0.4) is 0 Å². The summed E-state index contributed by atoms with van der Waals surface area (Å²) in [6, 6.07) is 8.65. The Hall–Kier alpha value is -1.28. The summed E-state index contributed by atoms with van der Waals surface area (Å²) >= 11 is 0. The standard InChI is InChI=1S/C15H17NO/c1-11-4-2-3-5-14(11)16-9-12-8-13-6-7-15(12,10-16)17-13/h2-7,12-13H,8-10H2,1H3/t12-,13-,15-/m0/s1. The van der Waals surface area contributed by atoms with Crippen molar-refractivity contribution in [3.8, 4) is 0 Å². The van der Waals surface area contributed by atoms with Crippen molar-refractivity contribution in [2.75, 3.05) is 18.0 Å². The van der Waals surface area contributed by atoms with Gasteiger partial charge in [0.2, 0.25) is 0 Å². The maximum absolute atomic E-state index is 6.12. The summed E-state index contributed by atoms with van der Waals surface area (Å²) in [7, 11) is 0. The van der Waals surface area contributed by atoms with Gasteiger partial charge < -0.3 is 9.64 Å². The molecule has 3 aliphatic heterocycles. The first-order valence-corrected chi connectivity index (χ1v) is 6.45. The lowest BCUT2D eigenvalue weighted by molar-refractivity contribution is 0.0351. The quantitative estimate of drug-likeness (QED) is 0.684. The van der Waals surface area contributed by atoms with Crippen LogP contribution >= 0.6 is 0 Å². The molecular formula is C15H17NO. The molecule has 1 spiro atoms. The van der Waals surface area contributed by atoms with Gasteiger partial charge in [0.25, 0.3) is 0 Å². The lowest BCUT2D eigenvalue weighted by atomic mass is 9.86. The molecule has 1 aromatic rings. The number of nitrogens with zero attached hydrogens (tertiary/aromatic N) is 1. The van der Waals surface area contributed by atoms with Crippen LogP contribution in [-0.2, 0) is 4.74 Å². The Morgan fingerprint density at radius 1 is 1.35 bits per heavy atom. The van der Waals surface area contributed by atoms with Crippen molar-refractivity contribution in [3.63, 3.8) is 0 Å². The predicted molar refractivity (Wildman–Crippen MR) is 68.2 cm³/mol. The zero-order valence-corrected chi connectivity index (χ0v) is 10.1. The first kappa shape index (κ1) is 9.72. The molecule has 0 amide bonds. The molecule has 0 radical (unpaired) electrons. The van der Waals surface area contributed by atoms with Gasteiger partial charge in [-0.15, -0.1) is 0 Å². The summed E-state index contributed by atoms with van der Waals surface area (Å²) < 4.78 is 6.12. The smallest absolute Gasteiger partial charge is 0.109 e. The van der Waals surface area contributed by atoms with E-state index in [1.165, 1.54) is 17.7 Å². The van der Waals surface area contributed by atoms with Crippen molar-refractivity contribution in [3.05, 3.63) is 42.0 Å². The highest BCUT2D eigenvalue weighted by Crippen LogP contribution is 2.48. The van der Waals surface area contributed by atoms with Crippen LogP contribution < -0.4 is 4.90 Å². The molecule has 2 fully saturated rings. The fourth-order valence-corrected chi connectivity index (χ4v) is 3.65. The van der Waals surface area contributed by atoms with Crippen LogP contribution in [0.5, 0.6) is 0 Å². The summed E-state index contributed by atoms with van der Waals surface area (Å²) in [5.41, 5.74) is 2.77. The molecule has 88 valence electrons. The Balaban J connectivity index is 1.68. The molecule has 0 unspecified atom stereocenters. The van der Waals surface area contributed by atoms with Gasteiger partial charge in [-0.1, -0.05) is 30.4 Å². The first-order valence-electron chi connectivity index (χ1n) is 6.45. The van der Waals surface area contributed by atoms with Crippen LogP contribution in [0.25, 0.3) is 0 Å². The zero-order valence-electron chi connectivity index (χ0n) is 10.1. The Morgan fingerprint density at radius 2 is 2.24 bits per heavy atom. The summed E-state index contributed by atoms with van der Waals surface area (Å²) in [5, 5.41) is 0. The normalized spacial score (nSPS) is 37.8. The summed E-state index contributed by atoms with van der Waals surface area (Å²) in [6.45, 7) is 4.36. The van der Waals surface area contributed by atoms with E-state index in [0.29, 0.717) is 12.0 Å². The number of ether oxygens (including phenoxy) is 1. The third kappa shape index (κ3) is 1.25. The van der Waals surface area contributed by atoms with Crippen molar-refractivity contribution >= 4 is 5.69 Å². The molecular weight excluding hydrogens is 210 g/mol. The second-order valence-electron chi connectivity index (χ2n) is 5.57. The van der Waals surface area contributed by atoms with E-state index in [4.69, 9.17) is 4.74 Å². The van der Waals surface area contributed by atoms with Gasteiger partial charge in [-0.2, -0.15) is 0 Å². The molecule has 2 saturated heterocycles. The third-order valence-corrected chi connectivity index (χ3v) is 4.51. The van der Waals surface area contributed by atoms with Crippen LogP contribution in [0.2, 0.25) is 0 Å². The van der Waals surface area contributed by atoms with Crippen LogP contribution in [0.4, 0.5) is 5.69 Å². The first-order chi connectivity index (χ1) is 8.27. The minimum absolute atomic E-state index is 0.0347. The number of hydrogen-bond acceptors (Lipinski definition) is 2. The Morgan fingerprint density at radius 3 is 3.00 bits per heavy atom. The summed E-state index contributed by atoms with van der Waals surface area (Å²) in [6.07, 6.45) is 6.17. The Bertz CT molecular complexity index is 495. The number of hydrogen-bond donors (Lipinski definition) is 0. The second kappa shape index (κ2) is 3.14. The Kier molecular flexibility index (Phi) is 1.79. The van der Waals surface area contributed by atoms with Gasteiger partial charge in [-0.05, 0) is 25.0 Å². The van der Waals surface area contributed by atoms with E-state index < -0.39 is 0 Å². The number of para-hydroxylation sites is 1. The largest absolute Gasteiger partial charge is 0.368 e. The van der Waals surface area contributed by atoms with Crippen LogP contribution in [0, 0.1) is 12.8 Å². The van der Waals surface area contributed by atoms with E-state index in [2.05, 4.69) is 48.2 Å². The maximum Gasteiger partial charge on any atom is 0.109 e. The fraction of sp³-hybridized carbons (Fsp3) is 0.467. The molecule has 0 N–H and O–H groups in total. The SMILES string of the molecule is Cc1ccccc1N1C[C@@H]2C[C@@H]3C=C[C@@]2(C1)O3. The number of fused-ring (bicyclic) bond motifs is 1. The highest BCUT2D eigenvalue weighted by Gasteiger charge is 2.55. The van der Waals surface area contributed by atoms with Gasteiger partial charge in [-0.25, -0.2) is 0 Å². The molecule has 3 heterocycles. The molecule has 0 aromatic heterocycles. The average Bonchev–Trinajstić information content (AvgIpc) is 2.95. The molecule has 2 bridgehead atoms. The van der Waals surface area contributed by atoms with Crippen LogP contribution in [0.1, 0.15) is 12.0 Å². The fourth-order valence-electron chi connectivity index (χ4n) is 3.65. The number of aryl methyl sites for hydroxylation is 1. The molecule has 3 atom stereocenters. The Labute approximate surface area is 102 Å². The summed E-state index contributed by atoms with van der Waals surface area (Å²) in [4.78, 5) is 2.49. The van der Waals surface area contributed by atoms with Gasteiger partial charge in [0, 0.05) is 18.2 Å². The molecule has 1 aromatic carbocycles. The zero-order chi connectivity index (χ0) is 11.5. The average molecular weight is 227 g/mol. The number of anilines is 1. The van der Waals surface area contributed by atoms with Crippen LogP contribution in [-0.4, -0.2) is 24.8 Å². The van der Waals surface area contributed by atoms with Gasteiger partial charge >= 0.3 is 0 Å². The molecule has 0 saturated carbocycles. The van der Waals surface area contributed by atoms with Crippen molar-refractivity contribution in [2.45, 2.75) is 25.0 Å². The lowest BCUT2D eigenvalue weighted by Gasteiger charge is -2.24. The van der Waals surface area contributed by atoms with Crippen molar-refractivity contribution in [2.24, 2.45) is 5.92 Å². The van der Waals surface area contributed by atoms with Gasteiger partial charge in [0.15, 0.2) is 0 Å². The topological polar surface area (TPSA) is 12.5 Å². The third-order valence-electron chi connectivity index (χ3n) is 4.51. The highest BCUT2D eigenvalue weighted by molar-refractivity contribution is 5.55. The van der Waals surface area contributed by atoms with Crippen molar-refractivity contribution in [1.29, 1.82) is 0 Å². The maximum atomic E-state index is 6.12. The molecule has 3 aliphatic rings. The molecule has 17 heavy (non-hydrogen) atoms. The number of benzene rings is 1. The minimum Gasteiger partial charge on any atom is -0.368 e. The van der Waals surface area contributed by atoms with Gasteiger partial charge in [0.05, 0.1) is 12.6 Å². The van der Waals surface area contributed by atoms with Gasteiger partial charge in [0.1, 0.15) is 5.60 Å². The molecule has 0 aliphatic carbocycles. The molecule has 2 nitrogen and oxygen atoms in total. The van der Waals surface area contributed by atoms with E-state index in [1.807, 2.05) is 0 Å². The van der Waals surface area contributed by atoms with Gasteiger partial charge in [-0.3, -0.25) is 0 Å².